The van der Waals surface area contributed by atoms with Gasteiger partial charge in [0.05, 0.1) is 12.7 Å². The van der Waals surface area contributed by atoms with Gasteiger partial charge in [-0.15, -0.1) is 0 Å². The molecule has 2 rings (SSSR count). The third-order valence-electron chi connectivity index (χ3n) is 4.15. The Morgan fingerprint density at radius 1 is 1.38 bits per heavy atom. The number of halogens is 5. The SMILES string of the molecule is CCSCCON1C(C(F)(F)F)=C(Br)C(C#N)C1(C)c1ccc(Cl)cc1. The first-order valence-electron chi connectivity index (χ1n) is 7.81. The molecule has 1 aromatic carbocycles. The Morgan fingerprint density at radius 2 is 2.00 bits per heavy atom. The molecule has 2 unspecified atom stereocenters. The molecule has 2 atom stereocenters. The van der Waals surface area contributed by atoms with Crippen LogP contribution in [0.15, 0.2) is 34.4 Å². The molecule has 1 aliphatic heterocycles. The maximum atomic E-state index is 13.7. The number of nitrogens with zero attached hydrogens (tertiary/aromatic N) is 2. The van der Waals surface area contributed by atoms with Crippen LogP contribution in [0.5, 0.6) is 0 Å². The first-order chi connectivity index (χ1) is 12.2. The molecular weight excluding hydrogens is 453 g/mol. The zero-order chi connectivity index (χ0) is 19.5. The molecule has 0 aromatic heterocycles. The highest BCUT2D eigenvalue weighted by atomic mass is 79.9. The molecule has 0 spiro atoms. The lowest BCUT2D eigenvalue weighted by Crippen LogP contribution is -2.46. The second-order valence-corrected chi connectivity index (χ2v) is 8.42. The van der Waals surface area contributed by atoms with Crippen LogP contribution in [0.4, 0.5) is 13.2 Å². The minimum absolute atomic E-state index is 0.0969. The van der Waals surface area contributed by atoms with E-state index in [2.05, 4.69) is 15.9 Å². The number of allylic oxidation sites excluding steroid dienone is 1. The van der Waals surface area contributed by atoms with Gasteiger partial charge in [-0.2, -0.15) is 30.2 Å². The van der Waals surface area contributed by atoms with Crippen LogP contribution in [0.25, 0.3) is 0 Å². The Bertz CT molecular complexity index is 720. The van der Waals surface area contributed by atoms with Crippen molar-refractivity contribution < 1.29 is 18.0 Å². The number of alkyl halides is 3. The highest BCUT2D eigenvalue weighted by Gasteiger charge is 2.59. The Balaban J connectivity index is 2.52. The van der Waals surface area contributed by atoms with Gasteiger partial charge in [0.1, 0.15) is 11.5 Å². The van der Waals surface area contributed by atoms with Crippen molar-refractivity contribution in [3.05, 3.63) is 45.0 Å². The van der Waals surface area contributed by atoms with Crippen molar-refractivity contribution in [3.8, 4) is 6.07 Å². The van der Waals surface area contributed by atoms with E-state index in [1.807, 2.05) is 13.0 Å². The van der Waals surface area contributed by atoms with Crippen molar-refractivity contribution in [1.29, 1.82) is 5.26 Å². The average molecular weight is 470 g/mol. The largest absolute Gasteiger partial charge is 0.434 e. The maximum absolute atomic E-state index is 13.7. The van der Waals surface area contributed by atoms with Crippen molar-refractivity contribution in [2.75, 3.05) is 18.1 Å². The Morgan fingerprint density at radius 3 is 2.50 bits per heavy atom. The molecule has 0 saturated carbocycles. The fourth-order valence-corrected chi connectivity index (χ4v) is 4.41. The van der Waals surface area contributed by atoms with Gasteiger partial charge in [0.15, 0.2) is 5.70 Å². The van der Waals surface area contributed by atoms with Gasteiger partial charge in [-0.3, -0.25) is 4.84 Å². The number of nitriles is 1. The topological polar surface area (TPSA) is 36.3 Å². The van der Waals surface area contributed by atoms with E-state index in [-0.39, 0.29) is 11.1 Å². The monoisotopic (exact) mass is 468 g/mol. The molecule has 0 amide bonds. The molecule has 26 heavy (non-hydrogen) atoms. The molecule has 142 valence electrons. The highest BCUT2D eigenvalue weighted by Crippen LogP contribution is 2.54. The van der Waals surface area contributed by atoms with E-state index >= 15 is 0 Å². The van der Waals surface area contributed by atoms with Gasteiger partial charge in [0.25, 0.3) is 0 Å². The van der Waals surface area contributed by atoms with Gasteiger partial charge in [-0.25, -0.2) is 5.06 Å². The van der Waals surface area contributed by atoms with E-state index in [4.69, 9.17) is 16.4 Å². The van der Waals surface area contributed by atoms with E-state index in [1.165, 1.54) is 0 Å². The summed E-state index contributed by atoms with van der Waals surface area (Å²) in [7, 11) is 0. The smallest absolute Gasteiger partial charge is 0.272 e. The quantitative estimate of drug-likeness (QED) is 0.489. The number of hydrogen-bond acceptors (Lipinski definition) is 4. The summed E-state index contributed by atoms with van der Waals surface area (Å²) in [5.74, 6) is 0.299. The summed E-state index contributed by atoms with van der Waals surface area (Å²) in [6, 6.07) is 8.38. The zero-order valence-electron chi connectivity index (χ0n) is 14.1. The zero-order valence-corrected chi connectivity index (χ0v) is 17.3. The molecule has 0 N–H and O–H groups in total. The lowest BCUT2D eigenvalue weighted by molar-refractivity contribution is -0.230. The number of benzene rings is 1. The summed E-state index contributed by atoms with van der Waals surface area (Å²) < 4.78 is 40.9. The molecule has 0 bridgehead atoms. The van der Waals surface area contributed by atoms with Crippen molar-refractivity contribution in [2.24, 2.45) is 5.92 Å². The fourth-order valence-electron chi connectivity index (χ4n) is 2.86. The van der Waals surface area contributed by atoms with Gasteiger partial charge in [-0.1, -0.05) is 46.6 Å². The third-order valence-corrected chi connectivity index (χ3v) is 6.09. The van der Waals surface area contributed by atoms with Crippen LogP contribution in [0, 0.1) is 17.2 Å². The minimum atomic E-state index is -4.67. The molecule has 1 aliphatic rings. The van der Waals surface area contributed by atoms with E-state index in [1.54, 1.807) is 43.0 Å². The van der Waals surface area contributed by atoms with Gasteiger partial charge < -0.3 is 0 Å². The molecule has 0 fully saturated rings. The van der Waals surface area contributed by atoms with Gasteiger partial charge in [0, 0.05) is 15.3 Å². The predicted octanol–water partition coefficient (Wildman–Crippen LogP) is 5.86. The number of hydroxylamine groups is 2. The number of rotatable bonds is 6. The Labute approximate surface area is 168 Å². The summed E-state index contributed by atoms with van der Waals surface area (Å²) >= 11 is 10.5. The lowest BCUT2D eigenvalue weighted by Gasteiger charge is -2.39. The van der Waals surface area contributed by atoms with E-state index in [0.717, 1.165) is 10.8 Å². The van der Waals surface area contributed by atoms with Crippen molar-refractivity contribution >= 4 is 39.3 Å². The Kier molecular flexibility index (Phi) is 6.94. The van der Waals surface area contributed by atoms with Gasteiger partial charge in [0.2, 0.25) is 0 Å². The van der Waals surface area contributed by atoms with Gasteiger partial charge in [-0.05, 0) is 30.4 Å². The van der Waals surface area contributed by atoms with Crippen LogP contribution in [0.3, 0.4) is 0 Å². The normalized spacial score (nSPS) is 23.5. The lowest BCUT2D eigenvalue weighted by atomic mass is 9.82. The minimum Gasteiger partial charge on any atom is -0.272 e. The predicted molar refractivity (Wildman–Crippen MR) is 101 cm³/mol. The van der Waals surface area contributed by atoms with Crippen LogP contribution < -0.4 is 0 Å². The molecule has 0 saturated heterocycles. The first-order valence-corrected chi connectivity index (χ1v) is 10.1. The first kappa shape index (κ1) is 21.4. The van der Waals surface area contributed by atoms with Gasteiger partial charge >= 0.3 is 6.18 Å². The highest BCUT2D eigenvalue weighted by molar-refractivity contribution is 9.11. The van der Waals surface area contributed by atoms with E-state index in [9.17, 15) is 18.4 Å². The average Bonchev–Trinajstić information content (AvgIpc) is 2.79. The standard InChI is InChI=1S/C17H17BrClF3N2OS/c1-3-26-9-8-25-24-15(17(20,21)22)14(18)13(10-23)16(24,2)11-4-6-12(19)7-5-11/h4-7,13H,3,8-9H2,1-2H3. The molecule has 0 radical (unpaired) electrons. The number of hydrogen-bond donors (Lipinski definition) is 0. The Hall–Kier alpha value is -0.880. The van der Waals surface area contributed by atoms with Crippen molar-refractivity contribution in [2.45, 2.75) is 25.6 Å². The van der Waals surface area contributed by atoms with Crippen LogP contribution in [-0.4, -0.2) is 29.4 Å². The van der Waals surface area contributed by atoms with Crippen molar-refractivity contribution in [1.82, 2.24) is 5.06 Å². The summed E-state index contributed by atoms with van der Waals surface area (Å²) in [5, 5.41) is 10.9. The molecule has 1 heterocycles. The summed E-state index contributed by atoms with van der Waals surface area (Å²) in [4.78, 5) is 5.57. The second kappa shape index (κ2) is 8.42. The number of thioether (sulfide) groups is 1. The molecule has 0 aliphatic carbocycles. The van der Waals surface area contributed by atoms with Crippen LogP contribution in [0.2, 0.25) is 5.02 Å². The molecule has 1 aromatic rings. The maximum Gasteiger partial charge on any atom is 0.434 e. The summed E-state index contributed by atoms with van der Waals surface area (Å²) in [5.41, 5.74) is -1.82. The van der Waals surface area contributed by atoms with Crippen LogP contribution in [0.1, 0.15) is 19.4 Å². The van der Waals surface area contributed by atoms with E-state index < -0.39 is 23.3 Å². The van der Waals surface area contributed by atoms with Crippen molar-refractivity contribution in [3.63, 3.8) is 0 Å². The summed E-state index contributed by atoms with van der Waals surface area (Å²) in [6.45, 7) is 3.62. The fraction of sp³-hybridized carbons (Fsp3) is 0.471. The molecule has 9 heteroatoms. The van der Waals surface area contributed by atoms with Crippen LogP contribution >= 0.6 is 39.3 Å². The summed E-state index contributed by atoms with van der Waals surface area (Å²) in [6.07, 6.45) is -4.67. The third kappa shape index (κ3) is 4.01. The molecular formula is C17H17BrClF3N2OS. The van der Waals surface area contributed by atoms with Crippen LogP contribution in [-0.2, 0) is 10.4 Å². The molecule has 3 nitrogen and oxygen atoms in total. The van der Waals surface area contributed by atoms with E-state index in [0.29, 0.717) is 16.3 Å². The second-order valence-electron chi connectivity index (χ2n) is 5.74.